The van der Waals surface area contributed by atoms with Crippen LogP contribution in [0.1, 0.15) is 31.2 Å². The van der Waals surface area contributed by atoms with Crippen molar-refractivity contribution in [3.05, 3.63) is 29.1 Å². The average Bonchev–Trinajstić information content (AvgIpc) is 3.18. The third kappa shape index (κ3) is 3.14. The molecule has 1 aromatic carbocycles. The lowest BCUT2D eigenvalue weighted by Crippen LogP contribution is -2.20. The van der Waals surface area contributed by atoms with E-state index < -0.39 is 0 Å². The Morgan fingerprint density at radius 3 is 2.86 bits per heavy atom. The number of hydrogen-bond acceptors (Lipinski definition) is 4. The quantitative estimate of drug-likeness (QED) is 0.917. The van der Waals surface area contributed by atoms with Gasteiger partial charge in [0, 0.05) is 16.9 Å². The Morgan fingerprint density at radius 1 is 1.36 bits per heavy atom. The zero-order chi connectivity index (χ0) is 15.5. The predicted octanol–water partition coefficient (Wildman–Crippen LogP) is 4.26. The topological polar surface area (TPSA) is 51.2 Å². The number of rotatable bonds is 4. The molecule has 0 aliphatic heterocycles. The first kappa shape index (κ1) is 15.0. The summed E-state index contributed by atoms with van der Waals surface area (Å²) in [7, 11) is 1.66. The van der Waals surface area contributed by atoms with Gasteiger partial charge in [0.1, 0.15) is 5.75 Å². The van der Waals surface area contributed by atoms with Gasteiger partial charge in [-0.05, 0) is 31.9 Å². The molecular formula is C17H20N2O2S. The first-order chi connectivity index (χ1) is 10.7. The Labute approximate surface area is 134 Å². The second-order valence-corrected chi connectivity index (χ2v) is 6.57. The monoisotopic (exact) mass is 316 g/mol. The fourth-order valence-corrected chi connectivity index (χ4v) is 3.59. The van der Waals surface area contributed by atoms with Crippen LogP contribution in [0.25, 0.3) is 11.3 Å². The molecule has 0 unspecified atom stereocenters. The number of nitrogens with one attached hydrogen (secondary N) is 1. The number of amides is 1. The molecule has 1 N–H and O–H groups in total. The van der Waals surface area contributed by atoms with Crippen molar-refractivity contribution in [2.24, 2.45) is 5.92 Å². The van der Waals surface area contributed by atoms with Gasteiger partial charge in [-0.15, -0.1) is 11.3 Å². The van der Waals surface area contributed by atoms with E-state index >= 15 is 0 Å². The van der Waals surface area contributed by atoms with Gasteiger partial charge in [0.25, 0.3) is 0 Å². The largest absolute Gasteiger partial charge is 0.496 e. The molecule has 0 atom stereocenters. The molecule has 1 saturated carbocycles. The van der Waals surface area contributed by atoms with Crippen LogP contribution in [0.3, 0.4) is 0 Å². The number of anilines is 1. The molecule has 116 valence electrons. The number of benzene rings is 1. The third-order valence-corrected chi connectivity index (χ3v) is 4.85. The van der Waals surface area contributed by atoms with Crippen LogP contribution in [-0.4, -0.2) is 18.0 Å². The van der Waals surface area contributed by atoms with Crippen LogP contribution in [0, 0.1) is 12.8 Å². The van der Waals surface area contributed by atoms with Crippen LogP contribution >= 0.6 is 11.3 Å². The minimum Gasteiger partial charge on any atom is -0.496 e. The normalized spacial score (nSPS) is 15.0. The lowest BCUT2D eigenvalue weighted by atomic mass is 10.1. The van der Waals surface area contributed by atoms with E-state index in [4.69, 9.17) is 4.74 Å². The van der Waals surface area contributed by atoms with E-state index in [2.05, 4.69) is 16.4 Å². The minimum absolute atomic E-state index is 0.106. The van der Waals surface area contributed by atoms with E-state index in [1.54, 1.807) is 7.11 Å². The molecule has 1 aliphatic carbocycles. The maximum absolute atomic E-state index is 12.2. The summed E-state index contributed by atoms with van der Waals surface area (Å²) in [5.74, 6) is 1.06. The first-order valence-electron chi connectivity index (χ1n) is 7.59. The van der Waals surface area contributed by atoms with Crippen LogP contribution < -0.4 is 10.1 Å². The zero-order valence-electron chi connectivity index (χ0n) is 12.9. The number of methoxy groups -OCH3 is 1. The maximum atomic E-state index is 12.2. The molecule has 0 radical (unpaired) electrons. The van der Waals surface area contributed by atoms with E-state index in [1.165, 1.54) is 11.3 Å². The van der Waals surface area contributed by atoms with E-state index in [1.807, 2.05) is 24.4 Å². The van der Waals surface area contributed by atoms with Crippen molar-refractivity contribution in [2.75, 3.05) is 12.4 Å². The molecule has 0 saturated heterocycles. The Kier molecular flexibility index (Phi) is 4.43. The Hall–Kier alpha value is -1.88. The predicted molar refractivity (Wildman–Crippen MR) is 89.4 cm³/mol. The highest BCUT2D eigenvalue weighted by molar-refractivity contribution is 7.14. The molecule has 4 nitrogen and oxygen atoms in total. The highest BCUT2D eigenvalue weighted by atomic mass is 32.1. The van der Waals surface area contributed by atoms with Gasteiger partial charge in [0.2, 0.25) is 5.91 Å². The summed E-state index contributed by atoms with van der Waals surface area (Å²) in [5.41, 5.74) is 2.95. The fourth-order valence-electron chi connectivity index (χ4n) is 2.87. The SMILES string of the molecule is COc1ccc(C)cc1-c1csc(NC(=O)C2CCCC2)n1. The lowest BCUT2D eigenvalue weighted by Gasteiger charge is -2.08. The number of aromatic nitrogens is 1. The lowest BCUT2D eigenvalue weighted by molar-refractivity contribution is -0.119. The van der Waals surface area contributed by atoms with Crippen molar-refractivity contribution in [1.29, 1.82) is 0 Å². The average molecular weight is 316 g/mol. The van der Waals surface area contributed by atoms with Crippen molar-refractivity contribution >= 4 is 22.4 Å². The van der Waals surface area contributed by atoms with Gasteiger partial charge in [-0.3, -0.25) is 4.79 Å². The van der Waals surface area contributed by atoms with Crippen LogP contribution in [0.15, 0.2) is 23.6 Å². The summed E-state index contributed by atoms with van der Waals surface area (Å²) in [6.45, 7) is 2.04. The van der Waals surface area contributed by atoms with Crippen LogP contribution in [0.4, 0.5) is 5.13 Å². The van der Waals surface area contributed by atoms with Crippen molar-refractivity contribution in [3.8, 4) is 17.0 Å². The molecule has 1 aromatic heterocycles. The van der Waals surface area contributed by atoms with Crippen molar-refractivity contribution in [3.63, 3.8) is 0 Å². The van der Waals surface area contributed by atoms with Crippen molar-refractivity contribution in [2.45, 2.75) is 32.6 Å². The number of carbonyl (C=O) groups is 1. The van der Waals surface area contributed by atoms with E-state index in [0.717, 1.165) is 48.3 Å². The molecule has 3 rings (SSSR count). The number of carbonyl (C=O) groups excluding carboxylic acids is 1. The Morgan fingerprint density at radius 2 is 2.14 bits per heavy atom. The van der Waals surface area contributed by atoms with Gasteiger partial charge < -0.3 is 10.1 Å². The summed E-state index contributed by atoms with van der Waals surface area (Å²) in [6, 6.07) is 6.01. The fraction of sp³-hybridized carbons (Fsp3) is 0.412. The summed E-state index contributed by atoms with van der Waals surface area (Å²) in [5, 5.41) is 5.58. The smallest absolute Gasteiger partial charge is 0.229 e. The number of nitrogens with zero attached hydrogens (tertiary/aromatic N) is 1. The van der Waals surface area contributed by atoms with Crippen LogP contribution in [0.5, 0.6) is 5.75 Å². The standard InChI is InChI=1S/C17H20N2O2S/c1-11-7-8-15(21-2)13(9-11)14-10-22-17(18-14)19-16(20)12-5-3-4-6-12/h7-10,12H,3-6H2,1-2H3,(H,18,19,20). The molecule has 1 heterocycles. The van der Waals surface area contributed by atoms with Crippen molar-refractivity contribution in [1.82, 2.24) is 4.98 Å². The van der Waals surface area contributed by atoms with Gasteiger partial charge in [-0.2, -0.15) is 0 Å². The van der Waals surface area contributed by atoms with Gasteiger partial charge in [0.15, 0.2) is 5.13 Å². The summed E-state index contributed by atoms with van der Waals surface area (Å²) in [6.07, 6.45) is 4.30. The minimum atomic E-state index is 0.106. The second kappa shape index (κ2) is 6.48. The molecule has 1 fully saturated rings. The number of thiazole rings is 1. The molecule has 0 spiro atoms. The maximum Gasteiger partial charge on any atom is 0.229 e. The third-order valence-electron chi connectivity index (χ3n) is 4.09. The number of aryl methyl sites for hydroxylation is 1. The first-order valence-corrected chi connectivity index (χ1v) is 8.47. The summed E-state index contributed by atoms with van der Waals surface area (Å²) in [4.78, 5) is 16.7. The van der Waals surface area contributed by atoms with Crippen molar-refractivity contribution < 1.29 is 9.53 Å². The molecular weight excluding hydrogens is 296 g/mol. The highest BCUT2D eigenvalue weighted by Gasteiger charge is 2.23. The van der Waals surface area contributed by atoms with Crippen LogP contribution in [0.2, 0.25) is 0 Å². The molecule has 1 amide bonds. The molecule has 0 bridgehead atoms. The molecule has 2 aromatic rings. The summed E-state index contributed by atoms with van der Waals surface area (Å²) < 4.78 is 5.40. The second-order valence-electron chi connectivity index (χ2n) is 5.71. The Bertz CT molecular complexity index is 675. The van der Waals surface area contributed by atoms with E-state index in [-0.39, 0.29) is 11.8 Å². The van der Waals surface area contributed by atoms with E-state index in [0.29, 0.717) is 5.13 Å². The van der Waals surface area contributed by atoms with Gasteiger partial charge in [-0.1, -0.05) is 24.5 Å². The zero-order valence-corrected chi connectivity index (χ0v) is 13.7. The molecule has 22 heavy (non-hydrogen) atoms. The van der Waals surface area contributed by atoms with Gasteiger partial charge in [-0.25, -0.2) is 4.98 Å². The van der Waals surface area contributed by atoms with Crippen LogP contribution in [-0.2, 0) is 4.79 Å². The number of ether oxygens (including phenoxy) is 1. The van der Waals surface area contributed by atoms with Gasteiger partial charge >= 0.3 is 0 Å². The highest BCUT2D eigenvalue weighted by Crippen LogP contribution is 2.33. The number of hydrogen-bond donors (Lipinski definition) is 1. The molecule has 5 heteroatoms. The molecule has 1 aliphatic rings. The Balaban J connectivity index is 1.79. The van der Waals surface area contributed by atoms with Gasteiger partial charge in [0.05, 0.1) is 12.8 Å². The van der Waals surface area contributed by atoms with E-state index in [9.17, 15) is 4.79 Å². The summed E-state index contributed by atoms with van der Waals surface area (Å²) >= 11 is 1.46.